The number of amides is 1. The highest BCUT2D eigenvalue weighted by molar-refractivity contribution is 6.24. The normalized spacial score (nSPS) is 31.5. The van der Waals surface area contributed by atoms with E-state index in [1.165, 1.54) is 53.0 Å². The van der Waals surface area contributed by atoms with E-state index in [0.717, 1.165) is 13.4 Å². The fourth-order valence-corrected chi connectivity index (χ4v) is 7.02. The molecule has 2 aromatic carbocycles. The molecule has 5 rings (SSSR count). The summed E-state index contributed by atoms with van der Waals surface area (Å²) in [5.74, 6) is -10.8. The molecule has 3 aliphatic heterocycles. The molecule has 0 spiro atoms. The van der Waals surface area contributed by atoms with Crippen LogP contribution in [0.4, 0.5) is 5.69 Å². The Hall–Kier alpha value is -5.12. The van der Waals surface area contributed by atoms with E-state index in [-0.39, 0.29) is 22.4 Å². The molecular formula is C39H49NO14. The summed E-state index contributed by atoms with van der Waals surface area (Å²) in [5, 5.41) is 58.7. The number of Topliss-reactive ketones (excluding diaryl/α,β-unsaturated/α-hetero) is 1. The Balaban J connectivity index is 1.97. The van der Waals surface area contributed by atoms with Gasteiger partial charge in [-0.1, -0.05) is 45.9 Å². The minimum atomic E-state index is -2.11. The predicted molar refractivity (Wildman–Crippen MR) is 195 cm³/mol. The lowest BCUT2D eigenvalue weighted by molar-refractivity contribution is -0.160. The van der Waals surface area contributed by atoms with Crippen LogP contribution in [0, 0.1) is 30.6 Å². The number of aliphatic hydroxyl groups is 2. The van der Waals surface area contributed by atoms with Crippen molar-refractivity contribution in [2.24, 2.45) is 23.7 Å². The van der Waals surface area contributed by atoms with E-state index in [0.29, 0.717) is 0 Å². The van der Waals surface area contributed by atoms with E-state index in [1.807, 2.05) is 0 Å². The number of ether oxygens (including phenoxy) is 5. The number of hydrogen-bond acceptors (Lipinski definition) is 14. The molecule has 3 aliphatic rings. The van der Waals surface area contributed by atoms with Crippen LogP contribution in [0.1, 0.15) is 74.7 Å². The largest absolute Gasteiger partial charge is 0.507 e. The van der Waals surface area contributed by atoms with Crippen molar-refractivity contribution in [3.05, 3.63) is 52.8 Å². The molecule has 54 heavy (non-hydrogen) atoms. The molecule has 3 heterocycles. The van der Waals surface area contributed by atoms with Gasteiger partial charge >= 0.3 is 17.7 Å². The van der Waals surface area contributed by atoms with E-state index in [4.69, 9.17) is 23.7 Å². The Morgan fingerprint density at radius 2 is 1.54 bits per heavy atom. The molecular weight excluding hydrogens is 706 g/mol. The Labute approximate surface area is 312 Å². The first-order valence-electron chi connectivity index (χ1n) is 17.4. The summed E-state index contributed by atoms with van der Waals surface area (Å²) in [4.78, 5) is 52.9. The Bertz CT molecular complexity index is 1930. The highest BCUT2D eigenvalue weighted by Crippen LogP contribution is 2.55. The lowest BCUT2D eigenvalue weighted by Gasteiger charge is -2.38. The van der Waals surface area contributed by atoms with Crippen molar-refractivity contribution in [2.45, 2.75) is 85.6 Å². The van der Waals surface area contributed by atoms with Crippen molar-refractivity contribution in [1.82, 2.24) is 0 Å². The van der Waals surface area contributed by atoms with Crippen molar-refractivity contribution in [1.29, 1.82) is 0 Å². The summed E-state index contributed by atoms with van der Waals surface area (Å²) in [7, 11) is 2.41. The van der Waals surface area contributed by atoms with Gasteiger partial charge in [0.25, 0.3) is 11.7 Å². The Morgan fingerprint density at radius 3 is 2.13 bits per heavy atom. The number of aromatic hydroxyl groups is 3. The smallest absolute Gasteiger partial charge is 0.343 e. The van der Waals surface area contributed by atoms with Crippen LogP contribution >= 0.6 is 0 Å². The zero-order valence-electron chi connectivity index (χ0n) is 31.9. The number of esters is 2. The van der Waals surface area contributed by atoms with Gasteiger partial charge in [0, 0.05) is 61.2 Å². The van der Waals surface area contributed by atoms with Crippen LogP contribution in [0.3, 0.4) is 0 Å². The summed E-state index contributed by atoms with van der Waals surface area (Å²) in [6.07, 6.45) is 3.11. The molecule has 0 aliphatic carbocycles. The second-order valence-electron chi connectivity index (χ2n) is 14.1. The third-order valence-corrected chi connectivity index (χ3v) is 10.4. The molecule has 9 atom stereocenters. The van der Waals surface area contributed by atoms with E-state index in [1.54, 1.807) is 33.8 Å². The Morgan fingerprint density at radius 1 is 0.889 bits per heavy atom. The number of carbonyl (C=O) groups is 4. The van der Waals surface area contributed by atoms with Crippen molar-refractivity contribution in [2.75, 3.05) is 19.5 Å². The fraction of sp³-hybridized carbons (Fsp3) is 0.487. The number of rotatable bonds is 3. The Kier molecular flexibility index (Phi) is 12.4. The molecule has 9 unspecified atom stereocenters. The highest BCUT2D eigenvalue weighted by atomic mass is 16.7. The van der Waals surface area contributed by atoms with Crippen LogP contribution in [0.2, 0.25) is 0 Å². The summed E-state index contributed by atoms with van der Waals surface area (Å²) >= 11 is 0. The summed E-state index contributed by atoms with van der Waals surface area (Å²) in [6, 6.07) is 0. The van der Waals surface area contributed by atoms with Gasteiger partial charge in [0.2, 0.25) is 0 Å². The van der Waals surface area contributed by atoms with Gasteiger partial charge < -0.3 is 54.5 Å². The number of allylic oxidation sites excluding steroid dienone is 2. The molecule has 0 saturated heterocycles. The standard InChI is InChI=1S/C39H49NO14/c1-16-12-11-13-17(2)37(48)40-28-27(38(49)51-10)32(45)24-25(33(28)46)31(44)21(6)35-26(24)36(47)39(8,54-35)52-15-14-23(50-9)18(3)34(53-22(7)41)20(5)30(43)19(4)29(16)42/h11-16,18-20,23,29-30,34,42-46H,1-10H3,(H,40,48)/b12-11+,15-14+,17-13-. The number of aliphatic hydroxyl groups excluding tert-OH is 2. The average molecular weight is 756 g/mol. The lowest BCUT2D eigenvalue weighted by Crippen LogP contribution is -2.46. The summed E-state index contributed by atoms with van der Waals surface area (Å²) in [6.45, 7) is 12.1. The van der Waals surface area contributed by atoms with Crippen LogP contribution in [0.5, 0.6) is 23.0 Å². The average Bonchev–Trinajstić information content (AvgIpc) is 3.39. The van der Waals surface area contributed by atoms with Gasteiger partial charge in [-0.25, -0.2) is 4.79 Å². The number of nitrogens with one attached hydrogen (secondary N) is 1. The molecule has 0 aromatic heterocycles. The molecule has 0 fully saturated rings. The maximum atomic E-state index is 14.2. The van der Waals surface area contributed by atoms with Crippen molar-refractivity contribution in [3.63, 3.8) is 0 Å². The van der Waals surface area contributed by atoms with Crippen molar-refractivity contribution in [3.8, 4) is 23.0 Å². The molecule has 0 saturated carbocycles. The number of phenols is 3. The molecule has 1 amide bonds. The number of benzene rings is 2. The number of ketones is 1. The van der Waals surface area contributed by atoms with Crippen LogP contribution in [-0.2, 0) is 28.5 Å². The second kappa shape index (κ2) is 16.1. The van der Waals surface area contributed by atoms with E-state index in [2.05, 4.69) is 5.32 Å². The van der Waals surface area contributed by atoms with Crippen molar-refractivity contribution < 1.29 is 68.4 Å². The van der Waals surface area contributed by atoms with Gasteiger partial charge in [-0.15, -0.1) is 0 Å². The fourth-order valence-electron chi connectivity index (χ4n) is 7.02. The summed E-state index contributed by atoms with van der Waals surface area (Å²) < 4.78 is 28.1. The lowest BCUT2D eigenvalue weighted by atomic mass is 9.78. The minimum Gasteiger partial charge on any atom is -0.507 e. The zero-order chi connectivity index (χ0) is 40.6. The topological polar surface area (TPSA) is 228 Å². The van der Waals surface area contributed by atoms with Gasteiger partial charge in [0.05, 0.1) is 42.6 Å². The number of fused-ring (bicyclic) bond motifs is 14. The van der Waals surface area contributed by atoms with Gasteiger partial charge in [-0.3, -0.25) is 14.4 Å². The third-order valence-electron chi connectivity index (χ3n) is 10.4. The third kappa shape index (κ3) is 7.48. The van der Waals surface area contributed by atoms with E-state index >= 15 is 0 Å². The number of anilines is 1. The summed E-state index contributed by atoms with van der Waals surface area (Å²) in [5.41, 5.74) is -1.61. The number of phenolic OH excluding ortho intramolecular Hbond substituents is 3. The molecule has 294 valence electrons. The van der Waals surface area contributed by atoms with Crippen LogP contribution < -0.4 is 10.1 Å². The van der Waals surface area contributed by atoms with Crippen LogP contribution in [-0.4, -0.2) is 93.6 Å². The molecule has 0 radical (unpaired) electrons. The molecule has 6 N–H and O–H groups in total. The first-order valence-corrected chi connectivity index (χ1v) is 17.4. The zero-order valence-corrected chi connectivity index (χ0v) is 31.9. The van der Waals surface area contributed by atoms with Gasteiger partial charge in [0.1, 0.15) is 34.6 Å². The molecule has 5 bridgehead atoms. The van der Waals surface area contributed by atoms with Crippen LogP contribution in [0.25, 0.3) is 10.8 Å². The first-order chi connectivity index (χ1) is 25.2. The molecule has 2 aromatic rings. The van der Waals surface area contributed by atoms with Gasteiger partial charge in [-0.2, -0.15) is 0 Å². The van der Waals surface area contributed by atoms with E-state index in [9.17, 15) is 44.7 Å². The monoisotopic (exact) mass is 755 g/mol. The van der Waals surface area contributed by atoms with Gasteiger partial charge in [0.15, 0.2) is 5.75 Å². The SMILES string of the molecule is COC(=O)c1c2c(O)c3c(O)c(C)c4c(c3c1O)C(=O)C(C)(O/C=C/C(OC)C(C)C(OC(C)=O)C(C)C(O)C(C)C(O)C(C)/C=C/C=C(/C)C(=O)N2)O4. The minimum absolute atomic E-state index is 0.0302. The maximum absolute atomic E-state index is 14.2. The predicted octanol–water partition coefficient (Wildman–Crippen LogP) is 4.54. The molecule has 15 nitrogen and oxygen atoms in total. The maximum Gasteiger partial charge on any atom is 0.343 e. The first kappa shape index (κ1) is 41.6. The van der Waals surface area contributed by atoms with E-state index < -0.39 is 117 Å². The second-order valence-corrected chi connectivity index (χ2v) is 14.1. The van der Waals surface area contributed by atoms with Crippen molar-refractivity contribution >= 4 is 40.1 Å². The number of methoxy groups -OCH3 is 2. The number of carbonyl (C=O) groups excluding carboxylic acids is 4. The highest BCUT2D eigenvalue weighted by Gasteiger charge is 2.50. The molecule has 15 heteroatoms. The number of hydrogen-bond donors (Lipinski definition) is 6. The van der Waals surface area contributed by atoms with Crippen LogP contribution in [0.15, 0.2) is 36.1 Å². The van der Waals surface area contributed by atoms with Gasteiger partial charge in [-0.05, 0) is 19.9 Å². The quantitative estimate of drug-likeness (QED) is 0.144.